The number of nitrogens with zero attached hydrogens (tertiary/aromatic N) is 2. The van der Waals surface area contributed by atoms with Crippen molar-refractivity contribution in [2.45, 2.75) is 33.7 Å². The van der Waals surface area contributed by atoms with Crippen molar-refractivity contribution in [1.29, 1.82) is 0 Å². The minimum atomic E-state index is -0.0616. The summed E-state index contributed by atoms with van der Waals surface area (Å²) in [5.41, 5.74) is 8.75. The summed E-state index contributed by atoms with van der Waals surface area (Å²) in [4.78, 5) is 18.5. The maximum absolute atomic E-state index is 12.7. The van der Waals surface area contributed by atoms with Crippen LogP contribution in [0.25, 0.3) is 26.4 Å². The number of nitrogens with one attached hydrogen (secondary N) is 1. The third kappa shape index (κ3) is 3.80. The average molecular weight is 440 g/mol. The van der Waals surface area contributed by atoms with Crippen LogP contribution in [0, 0.1) is 13.8 Å². The molecule has 0 atom stereocenters. The lowest BCUT2D eigenvalue weighted by Gasteiger charge is -2.06. The van der Waals surface area contributed by atoms with Gasteiger partial charge in [-0.3, -0.25) is 9.20 Å². The fourth-order valence-electron chi connectivity index (χ4n) is 4.05. The van der Waals surface area contributed by atoms with Crippen LogP contribution in [0.5, 0.6) is 0 Å². The minimum absolute atomic E-state index is 0.0616. The van der Waals surface area contributed by atoms with E-state index in [1.165, 1.54) is 16.7 Å². The van der Waals surface area contributed by atoms with Crippen molar-refractivity contribution in [2.75, 3.05) is 0 Å². The Morgan fingerprint density at radius 1 is 1.00 bits per heavy atom. The highest BCUT2D eigenvalue weighted by Crippen LogP contribution is 2.31. The second kappa shape index (κ2) is 8.24. The third-order valence-corrected chi connectivity index (χ3v) is 6.92. The highest BCUT2D eigenvalue weighted by atomic mass is 32.1. The Hall–Kier alpha value is -3.44. The van der Waals surface area contributed by atoms with Crippen LogP contribution < -0.4 is 5.32 Å². The lowest BCUT2D eigenvalue weighted by atomic mass is 10.0. The van der Waals surface area contributed by atoms with Gasteiger partial charge in [0.25, 0.3) is 5.91 Å². The van der Waals surface area contributed by atoms with Gasteiger partial charge in [0.2, 0.25) is 0 Å². The summed E-state index contributed by atoms with van der Waals surface area (Å²) in [7, 11) is 0. The van der Waals surface area contributed by atoms with Gasteiger partial charge in [0.15, 0.2) is 4.96 Å². The van der Waals surface area contributed by atoms with Gasteiger partial charge in [0.05, 0.1) is 15.9 Å². The van der Waals surface area contributed by atoms with E-state index in [1.54, 1.807) is 11.3 Å². The van der Waals surface area contributed by atoms with E-state index in [2.05, 4.69) is 79.2 Å². The van der Waals surface area contributed by atoms with Crippen molar-refractivity contribution in [3.63, 3.8) is 0 Å². The van der Waals surface area contributed by atoms with Gasteiger partial charge in [0, 0.05) is 23.9 Å². The Kier molecular flexibility index (Phi) is 5.27. The van der Waals surface area contributed by atoms with E-state index in [0.29, 0.717) is 12.1 Å². The van der Waals surface area contributed by atoms with Crippen molar-refractivity contribution in [2.24, 2.45) is 0 Å². The number of rotatable bonds is 5. The molecule has 4 nitrogen and oxygen atoms in total. The Morgan fingerprint density at radius 2 is 1.78 bits per heavy atom. The molecule has 5 aromatic rings. The standard InChI is InChI=1S/C27H25N3OS/c1-4-19-6-8-20(9-7-19)15-28-26(31)21-10-12-24-25(14-21)32-27-29-23(16-30(24)27)22-11-5-17(2)13-18(22)3/h5-14,16H,4,15H2,1-3H3,(H,28,31). The van der Waals surface area contributed by atoms with Crippen LogP contribution in [0.1, 0.15) is 39.5 Å². The summed E-state index contributed by atoms with van der Waals surface area (Å²) in [6.45, 7) is 6.88. The summed E-state index contributed by atoms with van der Waals surface area (Å²) < 4.78 is 3.17. The summed E-state index contributed by atoms with van der Waals surface area (Å²) in [5, 5.41) is 3.03. The molecule has 0 spiro atoms. The SMILES string of the molecule is CCc1ccc(CNC(=O)c2ccc3c(c2)sc2nc(-c4ccc(C)cc4C)cn23)cc1. The fraction of sp³-hybridized carbons (Fsp3) is 0.185. The Bertz CT molecular complexity index is 1440. The number of hydrogen-bond acceptors (Lipinski definition) is 3. The van der Waals surface area contributed by atoms with Gasteiger partial charge in [-0.2, -0.15) is 0 Å². The number of fused-ring (bicyclic) bond motifs is 3. The molecule has 1 amide bonds. The van der Waals surface area contributed by atoms with E-state index >= 15 is 0 Å². The first-order chi connectivity index (χ1) is 15.5. The molecule has 3 aromatic carbocycles. The van der Waals surface area contributed by atoms with Crippen LogP contribution in [0.2, 0.25) is 0 Å². The number of hydrogen-bond donors (Lipinski definition) is 1. The van der Waals surface area contributed by atoms with E-state index in [1.807, 2.05) is 18.2 Å². The summed E-state index contributed by atoms with van der Waals surface area (Å²) >= 11 is 1.61. The zero-order chi connectivity index (χ0) is 22.2. The highest BCUT2D eigenvalue weighted by molar-refractivity contribution is 7.23. The molecule has 0 radical (unpaired) electrons. The molecular weight excluding hydrogens is 414 g/mol. The fourth-order valence-corrected chi connectivity index (χ4v) is 5.10. The van der Waals surface area contributed by atoms with Crippen LogP contribution in [-0.2, 0) is 13.0 Å². The maximum atomic E-state index is 12.7. The Morgan fingerprint density at radius 3 is 2.53 bits per heavy atom. The number of thiazole rings is 1. The second-order valence-corrected chi connectivity index (χ2v) is 9.24. The van der Waals surface area contributed by atoms with Crippen molar-refractivity contribution < 1.29 is 4.79 Å². The maximum Gasteiger partial charge on any atom is 0.251 e. The van der Waals surface area contributed by atoms with Gasteiger partial charge in [-0.1, -0.05) is 66.3 Å². The number of imidazole rings is 1. The van der Waals surface area contributed by atoms with E-state index in [0.717, 1.165) is 38.4 Å². The molecule has 32 heavy (non-hydrogen) atoms. The molecule has 160 valence electrons. The predicted octanol–water partition coefficient (Wildman–Crippen LogP) is 6.33. The van der Waals surface area contributed by atoms with Gasteiger partial charge in [-0.05, 0) is 55.2 Å². The van der Waals surface area contributed by atoms with Crippen molar-refractivity contribution in [3.05, 3.63) is 94.7 Å². The summed E-state index contributed by atoms with van der Waals surface area (Å²) in [6.07, 6.45) is 3.11. The van der Waals surface area contributed by atoms with Crippen molar-refractivity contribution in [3.8, 4) is 11.3 Å². The topological polar surface area (TPSA) is 46.4 Å². The molecule has 5 rings (SSSR count). The quantitative estimate of drug-likeness (QED) is 0.348. The molecule has 2 heterocycles. The van der Waals surface area contributed by atoms with Crippen LogP contribution >= 0.6 is 11.3 Å². The van der Waals surface area contributed by atoms with Gasteiger partial charge >= 0.3 is 0 Å². The molecular formula is C27H25N3OS. The third-order valence-electron chi connectivity index (χ3n) is 5.90. The Labute approximate surface area is 191 Å². The first-order valence-corrected chi connectivity index (χ1v) is 11.7. The smallest absolute Gasteiger partial charge is 0.251 e. The van der Waals surface area contributed by atoms with E-state index in [4.69, 9.17) is 4.98 Å². The zero-order valence-electron chi connectivity index (χ0n) is 18.5. The molecule has 1 N–H and O–H groups in total. The van der Waals surface area contributed by atoms with Crippen LogP contribution in [-0.4, -0.2) is 15.3 Å². The summed E-state index contributed by atoms with van der Waals surface area (Å²) in [6, 6.07) is 20.7. The lowest BCUT2D eigenvalue weighted by molar-refractivity contribution is 0.0951. The van der Waals surface area contributed by atoms with Gasteiger partial charge < -0.3 is 5.32 Å². The lowest BCUT2D eigenvalue weighted by Crippen LogP contribution is -2.22. The molecule has 0 unspecified atom stereocenters. The number of amides is 1. The number of aryl methyl sites for hydroxylation is 3. The molecule has 0 aliphatic rings. The van der Waals surface area contributed by atoms with E-state index in [-0.39, 0.29) is 5.91 Å². The van der Waals surface area contributed by atoms with Crippen molar-refractivity contribution in [1.82, 2.24) is 14.7 Å². The normalized spacial score (nSPS) is 11.3. The van der Waals surface area contributed by atoms with Gasteiger partial charge in [-0.25, -0.2) is 4.98 Å². The predicted molar refractivity (Wildman–Crippen MR) is 132 cm³/mol. The molecule has 0 aliphatic carbocycles. The largest absolute Gasteiger partial charge is 0.348 e. The van der Waals surface area contributed by atoms with E-state index < -0.39 is 0 Å². The molecule has 5 heteroatoms. The van der Waals surface area contributed by atoms with E-state index in [9.17, 15) is 4.79 Å². The first kappa shape index (κ1) is 20.5. The van der Waals surface area contributed by atoms with Crippen LogP contribution in [0.4, 0.5) is 0 Å². The molecule has 2 aromatic heterocycles. The average Bonchev–Trinajstić information content (AvgIpc) is 3.35. The molecule has 0 aliphatic heterocycles. The second-order valence-electron chi connectivity index (χ2n) is 8.23. The van der Waals surface area contributed by atoms with Crippen LogP contribution in [0.15, 0.2) is 66.9 Å². The molecule has 0 saturated heterocycles. The first-order valence-electron chi connectivity index (χ1n) is 10.9. The van der Waals surface area contributed by atoms with Crippen molar-refractivity contribution >= 4 is 32.4 Å². The molecule has 0 saturated carbocycles. The number of carbonyl (C=O) groups is 1. The monoisotopic (exact) mass is 439 g/mol. The van der Waals surface area contributed by atoms with Gasteiger partial charge in [-0.15, -0.1) is 0 Å². The Balaban J connectivity index is 1.38. The zero-order valence-corrected chi connectivity index (χ0v) is 19.3. The molecule has 0 bridgehead atoms. The van der Waals surface area contributed by atoms with Crippen LogP contribution in [0.3, 0.4) is 0 Å². The number of carbonyl (C=O) groups excluding carboxylic acids is 1. The number of benzene rings is 3. The molecule has 0 fully saturated rings. The summed E-state index contributed by atoms with van der Waals surface area (Å²) in [5.74, 6) is -0.0616. The minimum Gasteiger partial charge on any atom is -0.348 e. The highest BCUT2D eigenvalue weighted by Gasteiger charge is 2.14. The van der Waals surface area contributed by atoms with Gasteiger partial charge in [0.1, 0.15) is 0 Å². The number of aromatic nitrogens is 2.